The average Bonchev–Trinajstić information content (AvgIpc) is 2.71. The van der Waals surface area contributed by atoms with Crippen LogP contribution in [0.3, 0.4) is 0 Å². The van der Waals surface area contributed by atoms with Gasteiger partial charge in [0.25, 0.3) is 0 Å². The molecule has 1 unspecified atom stereocenters. The molecule has 0 radical (unpaired) electrons. The maximum absolute atomic E-state index is 9.93. The lowest BCUT2D eigenvalue weighted by Crippen LogP contribution is -2.06. The summed E-state index contributed by atoms with van der Waals surface area (Å²) in [5, 5.41) is 9.93. The van der Waals surface area contributed by atoms with Crippen molar-refractivity contribution in [3.63, 3.8) is 0 Å². The third-order valence-corrected chi connectivity index (χ3v) is 2.92. The lowest BCUT2D eigenvalue weighted by atomic mass is 10.1. The smallest absolute Gasteiger partial charge is 0.0969 e. The predicted octanol–water partition coefficient (Wildman–Crippen LogP) is 2.22. The van der Waals surface area contributed by atoms with E-state index in [0.717, 1.165) is 5.56 Å². The lowest BCUT2D eigenvalue weighted by Gasteiger charge is -2.11. The van der Waals surface area contributed by atoms with Gasteiger partial charge >= 0.3 is 0 Å². The molecule has 1 aromatic carbocycles. The molecule has 0 fully saturated rings. The van der Waals surface area contributed by atoms with Crippen molar-refractivity contribution in [1.29, 1.82) is 0 Å². The molecule has 0 aliphatic heterocycles. The Hall–Kier alpha value is -0.880. The van der Waals surface area contributed by atoms with E-state index in [-0.39, 0.29) is 0 Å². The van der Waals surface area contributed by atoms with Crippen molar-refractivity contribution in [2.75, 3.05) is 0 Å². The highest BCUT2D eigenvalue weighted by Gasteiger charge is 2.07. The van der Waals surface area contributed by atoms with E-state index >= 15 is 0 Å². The molecular weight excluding hydrogens is 303 g/mol. The van der Waals surface area contributed by atoms with Crippen molar-refractivity contribution in [2.45, 2.75) is 12.6 Å². The number of imidazole rings is 1. The van der Waals surface area contributed by atoms with Gasteiger partial charge in [-0.05, 0) is 40.3 Å². The highest BCUT2D eigenvalue weighted by atomic mass is 127. The molecule has 4 heteroatoms. The lowest BCUT2D eigenvalue weighted by molar-refractivity contribution is 0.156. The molecule has 0 bridgehead atoms. The van der Waals surface area contributed by atoms with Gasteiger partial charge < -0.3 is 9.67 Å². The van der Waals surface area contributed by atoms with Crippen molar-refractivity contribution < 1.29 is 5.11 Å². The summed E-state index contributed by atoms with van der Waals surface area (Å²) in [7, 11) is 0. The fourth-order valence-corrected chi connectivity index (χ4v) is 1.74. The summed E-state index contributed by atoms with van der Waals surface area (Å²) >= 11 is 2.25. The summed E-state index contributed by atoms with van der Waals surface area (Å²) < 4.78 is 3.04. The fourth-order valence-electron chi connectivity index (χ4n) is 1.38. The van der Waals surface area contributed by atoms with E-state index in [1.54, 1.807) is 12.5 Å². The molecular formula is C11H11IN2O. The number of hydrogen-bond acceptors (Lipinski definition) is 2. The van der Waals surface area contributed by atoms with Crippen LogP contribution in [0.25, 0.3) is 0 Å². The summed E-state index contributed by atoms with van der Waals surface area (Å²) in [6, 6.07) is 7.88. The minimum Gasteiger partial charge on any atom is -0.387 e. The Labute approximate surface area is 102 Å². The molecule has 1 N–H and O–H groups in total. The Kier molecular flexibility index (Phi) is 3.37. The van der Waals surface area contributed by atoms with Gasteiger partial charge in [-0.2, -0.15) is 0 Å². The number of aliphatic hydroxyl groups is 1. The first kappa shape index (κ1) is 10.6. The van der Waals surface area contributed by atoms with Gasteiger partial charge in [0, 0.05) is 16.0 Å². The molecule has 2 aromatic rings. The second-order valence-electron chi connectivity index (χ2n) is 3.33. The summed E-state index contributed by atoms with van der Waals surface area (Å²) in [6.07, 6.45) is 4.78. The Morgan fingerprint density at radius 2 is 2.07 bits per heavy atom. The number of halogens is 1. The number of hydrogen-bond donors (Lipinski definition) is 1. The van der Waals surface area contributed by atoms with Gasteiger partial charge in [-0.3, -0.25) is 0 Å². The highest BCUT2D eigenvalue weighted by Crippen LogP contribution is 2.16. The predicted molar refractivity (Wildman–Crippen MR) is 66.3 cm³/mol. The molecule has 1 heterocycles. The first-order valence-corrected chi connectivity index (χ1v) is 5.73. The normalized spacial score (nSPS) is 12.7. The summed E-state index contributed by atoms with van der Waals surface area (Å²) in [5.74, 6) is 0. The monoisotopic (exact) mass is 314 g/mol. The molecule has 0 amide bonds. The van der Waals surface area contributed by atoms with Crippen LogP contribution < -0.4 is 0 Å². The Morgan fingerprint density at radius 3 is 2.67 bits per heavy atom. The van der Waals surface area contributed by atoms with Gasteiger partial charge in [0.2, 0.25) is 0 Å². The van der Waals surface area contributed by atoms with Crippen LogP contribution in [0.1, 0.15) is 11.7 Å². The molecule has 0 aliphatic carbocycles. The van der Waals surface area contributed by atoms with Gasteiger partial charge in [0.05, 0.1) is 19.0 Å². The second-order valence-corrected chi connectivity index (χ2v) is 4.57. The minimum absolute atomic E-state index is 0.476. The quantitative estimate of drug-likeness (QED) is 0.882. The van der Waals surface area contributed by atoms with E-state index in [1.165, 1.54) is 3.57 Å². The zero-order valence-electron chi connectivity index (χ0n) is 8.05. The standard InChI is InChI=1S/C11H11IN2O/c12-10-3-1-9(2-4-10)11(15)7-14-6-5-13-8-14/h1-6,8,11,15H,7H2. The molecule has 0 saturated heterocycles. The van der Waals surface area contributed by atoms with E-state index in [9.17, 15) is 5.11 Å². The molecule has 3 nitrogen and oxygen atoms in total. The number of aromatic nitrogens is 2. The van der Waals surface area contributed by atoms with E-state index in [2.05, 4.69) is 27.6 Å². The van der Waals surface area contributed by atoms with Gasteiger partial charge in [0.15, 0.2) is 0 Å². The third kappa shape index (κ3) is 2.79. The number of aliphatic hydroxyl groups excluding tert-OH is 1. The minimum atomic E-state index is -0.476. The Bertz CT molecular complexity index is 411. The fraction of sp³-hybridized carbons (Fsp3) is 0.182. The van der Waals surface area contributed by atoms with Crippen molar-refractivity contribution in [3.05, 3.63) is 52.1 Å². The van der Waals surface area contributed by atoms with Crippen molar-refractivity contribution in [2.24, 2.45) is 0 Å². The molecule has 1 atom stereocenters. The van der Waals surface area contributed by atoms with Gasteiger partial charge in [-0.1, -0.05) is 12.1 Å². The van der Waals surface area contributed by atoms with Crippen molar-refractivity contribution in [3.8, 4) is 0 Å². The van der Waals surface area contributed by atoms with Crippen LogP contribution >= 0.6 is 22.6 Å². The van der Waals surface area contributed by atoms with Crippen LogP contribution in [-0.2, 0) is 6.54 Å². The largest absolute Gasteiger partial charge is 0.387 e. The van der Waals surface area contributed by atoms with E-state index < -0.39 is 6.10 Å². The van der Waals surface area contributed by atoms with Crippen LogP contribution in [0.2, 0.25) is 0 Å². The molecule has 1 aromatic heterocycles. The highest BCUT2D eigenvalue weighted by molar-refractivity contribution is 14.1. The number of nitrogens with zero attached hydrogens (tertiary/aromatic N) is 2. The molecule has 0 saturated carbocycles. The number of benzene rings is 1. The number of rotatable bonds is 3. The average molecular weight is 314 g/mol. The van der Waals surface area contributed by atoms with Crippen molar-refractivity contribution in [1.82, 2.24) is 9.55 Å². The molecule has 2 rings (SSSR count). The van der Waals surface area contributed by atoms with Crippen LogP contribution in [0.15, 0.2) is 43.0 Å². The van der Waals surface area contributed by atoms with Crippen molar-refractivity contribution >= 4 is 22.6 Å². The zero-order chi connectivity index (χ0) is 10.7. The van der Waals surface area contributed by atoms with Crippen LogP contribution in [0, 0.1) is 3.57 Å². The molecule has 0 aliphatic rings. The summed E-state index contributed by atoms with van der Waals surface area (Å²) in [4.78, 5) is 3.93. The third-order valence-electron chi connectivity index (χ3n) is 2.20. The molecule has 78 valence electrons. The van der Waals surface area contributed by atoms with Crippen LogP contribution in [-0.4, -0.2) is 14.7 Å². The maximum Gasteiger partial charge on any atom is 0.0969 e. The molecule has 0 spiro atoms. The van der Waals surface area contributed by atoms with E-state index in [4.69, 9.17) is 0 Å². The zero-order valence-corrected chi connectivity index (χ0v) is 10.2. The Morgan fingerprint density at radius 1 is 1.33 bits per heavy atom. The first-order valence-electron chi connectivity index (χ1n) is 4.65. The van der Waals surface area contributed by atoms with Crippen LogP contribution in [0.4, 0.5) is 0 Å². The Balaban J connectivity index is 2.08. The van der Waals surface area contributed by atoms with E-state index in [0.29, 0.717) is 6.54 Å². The first-order chi connectivity index (χ1) is 7.25. The van der Waals surface area contributed by atoms with Gasteiger partial charge in [-0.15, -0.1) is 0 Å². The van der Waals surface area contributed by atoms with Gasteiger partial charge in [0.1, 0.15) is 0 Å². The summed E-state index contributed by atoms with van der Waals surface area (Å²) in [6.45, 7) is 0.542. The SMILES string of the molecule is OC(Cn1ccnc1)c1ccc(I)cc1. The maximum atomic E-state index is 9.93. The molecule has 15 heavy (non-hydrogen) atoms. The summed E-state index contributed by atoms with van der Waals surface area (Å²) in [5.41, 5.74) is 0.934. The van der Waals surface area contributed by atoms with Crippen LogP contribution in [0.5, 0.6) is 0 Å². The topological polar surface area (TPSA) is 38.0 Å². The van der Waals surface area contributed by atoms with E-state index in [1.807, 2.05) is 35.0 Å². The second kappa shape index (κ2) is 4.76. The van der Waals surface area contributed by atoms with Gasteiger partial charge in [-0.25, -0.2) is 4.98 Å².